The average molecular weight is 212 g/mol. The molecule has 0 heterocycles. The predicted octanol–water partition coefficient (Wildman–Crippen LogP) is 3.43. The minimum atomic E-state index is -2.44. The van der Waals surface area contributed by atoms with Crippen LogP contribution in [-0.2, 0) is 5.41 Å². The highest BCUT2D eigenvalue weighted by Crippen LogP contribution is 2.30. The fraction of sp³-hybridized carbons (Fsp3) is 0.417. The van der Waals surface area contributed by atoms with Crippen molar-refractivity contribution in [1.29, 1.82) is 0 Å². The molecule has 0 aliphatic heterocycles. The van der Waals surface area contributed by atoms with Crippen LogP contribution in [0.4, 0.5) is 8.78 Å². The second kappa shape index (κ2) is 4.09. The van der Waals surface area contributed by atoms with Gasteiger partial charge in [-0.3, -0.25) is 4.79 Å². The summed E-state index contributed by atoms with van der Waals surface area (Å²) in [5.74, 6) is -0.109. The van der Waals surface area contributed by atoms with E-state index in [9.17, 15) is 13.6 Å². The summed E-state index contributed by atoms with van der Waals surface area (Å²) in [7, 11) is 0. The highest BCUT2D eigenvalue weighted by molar-refractivity contribution is 5.94. The van der Waals surface area contributed by atoms with Gasteiger partial charge in [0.05, 0.1) is 5.41 Å². The molecule has 0 saturated heterocycles. The van der Waals surface area contributed by atoms with Gasteiger partial charge in [0.15, 0.2) is 5.78 Å². The van der Waals surface area contributed by atoms with Gasteiger partial charge in [-0.25, -0.2) is 8.78 Å². The number of hydrogen-bond donors (Lipinski definition) is 0. The number of Topliss-reactive ketones (excluding diaryl/α,β-unsaturated/α-hetero) is 1. The molecule has 0 aliphatic rings. The molecule has 15 heavy (non-hydrogen) atoms. The van der Waals surface area contributed by atoms with Crippen LogP contribution >= 0.6 is 0 Å². The Hall–Kier alpha value is -1.25. The summed E-state index contributed by atoms with van der Waals surface area (Å²) < 4.78 is 25.5. The second-order valence-corrected chi connectivity index (χ2v) is 4.16. The Balaban J connectivity index is 3.16. The normalized spacial score (nSPS) is 11.9. The lowest BCUT2D eigenvalue weighted by atomic mass is 9.84. The Morgan fingerprint density at radius 3 is 2.40 bits per heavy atom. The number of alkyl halides is 2. The first-order valence-electron chi connectivity index (χ1n) is 4.75. The van der Waals surface area contributed by atoms with E-state index in [1.165, 1.54) is 26.8 Å². The molecule has 82 valence electrons. The van der Waals surface area contributed by atoms with Gasteiger partial charge in [0.25, 0.3) is 0 Å². The van der Waals surface area contributed by atoms with Crippen molar-refractivity contribution in [2.45, 2.75) is 32.6 Å². The van der Waals surface area contributed by atoms with Crippen molar-refractivity contribution in [3.05, 3.63) is 35.4 Å². The van der Waals surface area contributed by atoms with Crippen molar-refractivity contribution in [2.75, 3.05) is 0 Å². The molecular weight excluding hydrogens is 198 g/mol. The van der Waals surface area contributed by atoms with E-state index < -0.39 is 11.8 Å². The maximum atomic E-state index is 12.7. The lowest BCUT2D eigenvalue weighted by molar-refractivity contribution is 0.0693. The molecule has 0 aliphatic carbocycles. The molecule has 0 fully saturated rings. The topological polar surface area (TPSA) is 17.1 Å². The lowest BCUT2D eigenvalue weighted by Gasteiger charge is -2.24. The number of carbonyl (C=O) groups excluding carboxylic acids is 1. The lowest BCUT2D eigenvalue weighted by Crippen LogP contribution is -2.27. The standard InChI is InChI=1S/C12H14F2O/c1-8(15)9-5-4-6-10(7-9)12(2,3)11(13)14/h4-7,11H,1-3H3. The molecule has 1 aromatic carbocycles. The van der Waals surface area contributed by atoms with Gasteiger partial charge in [0, 0.05) is 5.56 Å². The van der Waals surface area contributed by atoms with Gasteiger partial charge in [-0.05, 0) is 18.6 Å². The Morgan fingerprint density at radius 1 is 1.33 bits per heavy atom. The first-order chi connectivity index (χ1) is 6.85. The molecule has 0 N–H and O–H groups in total. The minimum absolute atomic E-state index is 0.109. The largest absolute Gasteiger partial charge is 0.295 e. The van der Waals surface area contributed by atoms with Crippen LogP contribution in [0.15, 0.2) is 24.3 Å². The molecular formula is C12H14F2O. The van der Waals surface area contributed by atoms with E-state index >= 15 is 0 Å². The minimum Gasteiger partial charge on any atom is -0.295 e. The predicted molar refractivity (Wildman–Crippen MR) is 55.5 cm³/mol. The second-order valence-electron chi connectivity index (χ2n) is 4.16. The Bertz CT molecular complexity index is 370. The molecule has 0 bridgehead atoms. The van der Waals surface area contributed by atoms with Crippen molar-refractivity contribution in [2.24, 2.45) is 0 Å². The summed E-state index contributed by atoms with van der Waals surface area (Å²) >= 11 is 0. The number of ketones is 1. The summed E-state index contributed by atoms with van der Waals surface area (Å²) in [6, 6.07) is 6.43. The number of rotatable bonds is 3. The molecule has 0 saturated carbocycles. The van der Waals surface area contributed by atoms with Gasteiger partial charge in [0.1, 0.15) is 0 Å². The molecule has 0 amide bonds. The third-order valence-corrected chi connectivity index (χ3v) is 2.56. The average Bonchev–Trinajstić information content (AvgIpc) is 2.17. The molecule has 0 atom stereocenters. The fourth-order valence-electron chi connectivity index (χ4n) is 1.26. The summed E-state index contributed by atoms with van der Waals surface area (Å²) in [4.78, 5) is 11.1. The number of benzene rings is 1. The van der Waals surface area contributed by atoms with Gasteiger partial charge in [-0.1, -0.05) is 32.0 Å². The zero-order chi connectivity index (χ0) is 11.6. The maximum Gasteiger partial charge on any atom is 0.247 e. The van der Waals surface area contributed by atoms with E-state index in [-0.39, 0.29) is 5.78 Å². The van der Waals surface area contributed by atoms with Crippen LogP contribution in [0.2, 0.25) is 0 Å². The summed E-state index contributed by atoms with van der Waals surface area (Å²) in [6.45, 7) is 4.36. The first kappa shape index (κ1) is 11.8. The Labute approximate surface area is 88.1 Å². The highest BCUT2D eigenvalue weighted by Gasteiger charge is 2.31. The van der Waals surface area contributed by atoms with Gasteiger partial charge in [-0.15, -0.1) is 0 Å². The zero-order valence-electron chi connectivity index (χ0n) is 9.05. The van der Waals surface area contributed by atoms with Crippen LogP contribution in [0.25, 0.3) is 0 Å². The van der Waals surface area contributed by atoms with Crippen LogP contribution in [0.5, 0.6) is 0 Å². The molecule has 0 unspecified atom stereocenters. The van der Waals surface area contributed by atoms with Crippen molar-refractivity contribution >= 4 is 5.78 Å². The van der Waals surface area contributed by atoms with Crippen LogP contribution in [-0.4, -0.2) is 12.2 Å². The molecule has 1 aromatic rings. The van der Waals surface area contributed by atoms with E-state index in [0.717, 1.165) is 0 Å². The SMILES string of the molecule is CC(=O)c1cccc(C(C)(C)C(F)F)c1. The van der Waals surface area contributed by atoms with Crippen LogP contribution < -0.4 is 0 Å². The van der Waals surface area contributed by atoms with E-state index in [2.05, 4.69) is 0 Å². The monoisotopic (exact) mass is 212 g/mol. The van der Waals surface area contributed by atoms with E-state index in [1.54, 1.807) is 18.2 Å². The quantitative estimate of drug-likeness (QED) is 0.701. The van der Waals surface area contributed by atoms with Crippen molar-refractivity contribution < 1.29 is 13.6 Å². The third-order valence-electron chi connectivity index (χ3n) is 2.56. The first-order valence-corrected chi connectivity index (χ1v) is 4.75. The summed E-state index contributed by atoms with van der Waals surface area (Å²) in [5, 5.41) is 0. The van der Waals surface area contributed by atoms with E-state index in [4.69, 9.17) is 0 Å². The summed E-state index contributed by atoms with van der Waals surface area (Å²) in [6.07, 6.45) is -2.44. The van der Waals surface area contributed by atoms with Crippen molar-refractivity contribution in [3.63, 3.8) is 0 Å². The van der Waals surface area contributed by atoms with Gasteiger partial charge >= 0.3 is 0 Å². The smallest absolute Gasteiger partial charge is 0.247 e. The van der Waals surface area contributed by atoms with E-state index in [1.807, 2.05) is 0 Å². The van der Waals surface area contributed by atoms with Gasteiger partial charge < -0.3 is 0 Å². The number of halogens is 2. The summed E-state index contributed by atoms with van der Waals surface area (Å²) in [5.41, 5.74) is -0.253. The number of carbonyl (C=O) groups is 1. The van der Waals surface area contributed by atoms with Crippen LogP contribution in [0.1, 0.15) is 36.7 Å². The number of hydrogen-bond acceptors (Lipinski definition) is 1. The molecule has 1 nitrogen and oxygen atoms in total. The Kier molecular flexibility index (Phi) is 3.22. The van der Waals surface area contributed by atoms with Crippen LogP contribution in [0.3, 0.4) is 0 Å². The molecule has 0 aromatic heterocycles. The zero-order valence-corrected chi connectivity index (χ0v) is 9.05. The highest BCUT2D eigenvalue weighted by atomic mass is 19.3. The Morgan fingerprint density at radius 2 is 1.93 bits per heavy atom. The van der Waals surface area contributed by atoms with Gasteiger partial charge in [-0.2, -0.15) is 0 Å². The van der Waals surface area contributed by atoms with Gasteiger partial charge in [0.2, 0.25) is 6.43 Å². The van der Waals surface area contributed by atoms with Crippen LogP contribution in [0, 0.1) is 0 Å². The van der Waals surface area contributed by atoms with Crippen molar-refractivity contribution in [1.82, 2.24) is 0 Å². The molecule has 0 spiro atoms. The third kappa shape index (κ3) is 2.41. The molecule has 0 radical (unpaired) electrons. The van der Waals surface area contributed by atoms with Crippen molar-refractivity contribution in [3.8, 4) is 0 Å². The maximum absolute atomic E-state index is 12.7. The van der Waals surface area contributed by atoms with E-state index in [0.29, 0.717) is 11.1 Å². The fourth-order valence-corrected chi connectivity index (χ4v) is 1.26. The molecule has 3 heteroatoms. The molecule has 1 rings (SSSR count).